The molecule has 0 amide bonds. The van der Waals surface area contributed by atoms with E-state index in [4.69, 9.17) is 0 Å². The average Bonchev–Trinajstić information content (AvgIpc) is 2.36. The van der Waals surface area contributed by atoms with Crippen molar-refractivity contribution in [3.63, 3.8) is 0 Å². The van der Waals surface area contributed by atoms with Gasteiger partial charge in [0, 0.05) is 0 Å². The molecule has 2 unspecified atom stereocenters. The summed E-state index contributed by atoms with van der Waals surface area (Å²) in [5.74, 6) is -0.149. The fourth-order valence-electron chi connectivity index (χ4n) is 3.86. The minimum Gasteiger partial charge on any atom is -0.481 e. The van der Waals surface area contributed by atoms with Gasteiger partial charge in [0.2, 0.25) is 0 Å². The van der Waals surface area contributed by atoms with Gasteiger partial charge in [-0.3, -0.25) is 4.79 Å². The van der Waals surface area contributed by atoms with E-state index < -0.39 is 17.5 Å². The van der Waals surface area contributed by atoms with E-state index in [0.717, 1.165) is 19.3 Å². The first-order valence-electron chi connectivity index (χ1n) is 8.12. The number of carboxylic acid groups (broad SMARTS) is 1. The molecule has 128 valence electrons. The Hall–Kier alpha value is -0.610. The zero-order valence-electron chi connectivity index (χ0n) is 14.9. The molecule has 4 heteroatoms. The largest absolute Gasteiger partial charge is 0.481 e. The lowest BCUT2D eigenvalue weighted by molar-refractivity contribution is -0.163. The maximum absolute atomic E-state index is 12.0. The van der Waals surface area contributed by atoms with Crippen LogP contribution in [0.1, 0.15) is 80.1 Å². The van der Waals surface area contributed by atoms with Gasteiger partial charge in [-0.1, -0.05) is 41.0 Å². The van der Waals surface area contributed by atoms with Gasteiger partial charge in [-0.25, -0.2) is 0 Å². The predicted octanol–water partition coefficient (Wildman–Crippen LogP) is 4.64. The third-order valence-electron chi connectivity index (χ3n) is 5.19. The lowest BCUT2D eigenvalue weighted by Crippen LogP contribution is -2.48. The molecule has 0 aliphatic heterocycles. The Labute approximate surface area is 130 Å². The van der Waals surface area contributed by atoms with Gasteiger partial charge in [0.1, 0.15) is 0 Å². The molecule has 0 bridgehead atoms. The normalized spacial score (nSPS) is 16.2. The molecule has 0 radical (unpaired) electrons. The molecule has 0 spiro atoms. The molecule has 0 aliphatic rings. The fraction of sp³-hybridized carbons (Fsp3) is 0.941. The van der Waals surface area contributed by atoms with Crippen LogP contribution in [-0.2, 0) is 4.79 Å². The van der Waals surface area contributed by atoms with E-state index in [9.17, 15) is 15.0 Å². The lowest BCUT2D eigenvalue weighted by Gasteiger charge is -2.48. The smallest absolute Gasteiger partial charge is 0.310 e. The van der Waals surface area contributed by atoms with Crippen LogP contribution in [0.3, 0.4) is 0 Å². The molecule has 0 rings (SSSR count). The first-order chi connectivity index (χ1) is 9.21. The molecule has 4 nitrogen and oxygen atoms in total. The highest BCUT2D eigenvalue weighted by Crippen LogP contribution is 2.54. The van der Waals surface area contributed by atoms with E-state index in [0.29, 0.717) is 25.2 Å². The first-order valence-corrected chi connectivity index (χ1v) is 8.12. The van der Waals surface area contributed by atoms with Gasteiger partial charge >= 0.3 is 5.97 Å². The standard InChI is InChI=1S/C17H34O3.H3N/c1-7-16(12-14(6)18,11-10-13(4)5)17(8-2,9-3)15(19)20;/h13-14,18H,7-12H2,1-6H3,(H,19,20);1H3. The van der Waals surface area contributed by atoms with Crippen molar-refractivity contribution in [1.82, 2.24) is 6.15 Å². The average molecular weight is 303 g/mol. The number of rotatable bonds is 10. The predicted molar refractivity (Wildman–Crippen MR) is 88.8 cm³/mol. The molecule has 21 heavy (non-hydrogen) atoms. The van der Waals surface area contributed by atoms with Gasteiger partial charge in [0.05, 0.1) is 11.5 Å². The summed E-state index contributed by atoms with van der Waals surface area (Å²) in [6.07, 6.45) is 4.05. The monoisotopic (exact) mass is 303 g/mol. The fourth-order valence-corrected chi connectivity index (χ4v) is 3.86. The second-order valence-electron chi connectivity index (χ2n) is 6.71. The Kier molecular flexibility index (Phi) is 10.2. The summed E-state index contributed by atoms with van der Waals surface area (Å²) in [4.78, 5) is 12.0. The number of aliphatic carboxylic acids is 1. The molecule has 0 fully saturated rings. The molecular weight excluding hydrogens is 266 g/mol. The van der Waals surface area contributed by atoms with Gasteiger partial charge in [0.25, 0.3) is 0 Å². The van der Waals surface area contributed by atoms with Crippen LogP contribution < -0.4 is 6.15 Å². The molecule has 0 saturated heterocycles. The zero-order chi connectivity index (χ0) is 16.0. The summed E-state index contributed by atoms with van der Waals surface area (Å²) >= 11 is 0. The summed E-state index contributed by atoms with van der Waals surface area (Å²) in [6, 6.07) is 0. The second-order valence-corrected chi connectivity index (χ2v) is 6.71. The van der Waals surface area contributed by atoms with Crippen LogP contribution in [0.2, 0.25) is 0 Å². The van der Waals surface area contributed by atoms with E-state index >= 15 is 0 Å². The van der Waals surface area contributed by atoms with Crippen molar-refractivity contribution in [3.8, 4) is 0 Å². The van der Waals surface area contributed by atoms with Crippen LogP contribution >= 0.6 is 0 Å². The Morgan fingerprint density at radius 1 is 1.05 bits per heavy atom. The van der Waals surface area contributed by atoms with Crippen LogP contribution in [-0.4, -0.2) is 22.3 Å². The number of hydrogen-bond acceptors (Lipinski definition) is 3. The third kappa shape index (κ3) is 4.96. The van der Waals surface area contributed by atoms with E-state index in [1.54, 1.807) is 6.92 Å². The number of aliphatic hydroxyl groups is 1. The molecule has 5 N–H and O–H groups in total. The number of aliphatic hydroxyl groups excluding tert-OH is 1. The van der Waals surface area contributed by atoms with E-state index in [1.165, 1.54) is 0 Å². The highest BCUT2D eigenvalue weighted by atomic mass is 16.4. The summed E-state index contributed by atoms with van der Waals surface area (Å²) in [5.41, 5.74) is -1.05. The molecule has 0 heterocycles. The number of carbonyl (C=O) groups is 1. The van der Waals surface area contributed by atoms with Crippen molar-refractivity contribution in [1.29, 1.82) is 0 Å². The highest BCUT2D eigenvalue weighted by molar-refractivity contribution is 5.75. The minimum absolute atomic E-state index is 0. The molecule has 0 saturated carbocycles. The minimum atomic E-state index is -0.729. The maximum atomic E-state index is 12.0. The lowest BCUT2D eigenvalue weighted by atomic mass is 9.54. The summed E-state index contributed by atoms with van der Waals surface area (Å²) in [5, 5.41) is 19.8. The molecule has 0 aromatic heterocycles. The van der Waals surface area contributed by atoms with Crippen LogP contribution in [0, 0.1) is 16.7 Å². The summed E-state index contributed by atoms with van der Waals surface area (Å²) < 4.78 is 0. The first kappa shape index (κ1) is 22.7. The number of carboxylic acids is 1. The van der Waals surface area contributed by atoms with Crippen LogP contribution in [0.5, 0.6) is 0 Å². The number of hydrogen-bond donors (Lipinski definition) is 3. The van der Waals surface area contributed by atoms with Gasteiger partial charge < -0.3 is 16.4 Å². The van der Waals surface area contributed by atoms with Crippen LogP contribution in [0.25, 0.3) is 0 Å². The summed E-state index contributed by atoms with van der Waals surface area (Å²) in [6.45, 7) is 12.1. The third-order valence-corrected chi connectivity index (χ3v) is 5.19. The Morgan fingerprint density at radius 2 is 1.52 bits per heavy atom. The summed E-state index contributed by atoms with van der Waals surface area (Å²) in [7, 11) is 0. The SMILES string of the molecule is CCC(CCC(C)C)(CC(C)O)C(CC)(CC)C(=O)O.N. The van der Waals surface area contributed by atoms with Crippen molar-refractivity contribution in [3.05, 3.63) is 0 Å². The molecule has 0 aromatic rings. The van der Waals surface area contributed by atoms with Crippen molar-refractivity contribution in [2.45, 2.75) is 86.2 Å². The zero-order valence-corrected chi connectivity index (χ0v) is 14.9. The van der Waals surface area contributed by atoms with Gasteiger partial charge in [-0.15, -0.1) is 0 Å². The topological polar surface area (TPSA) is 92.5 Å². The molecule has 0 aliphatic carbocycles. The van der Waals surface area contributed by atoms with Crippen molar-refractivity contribution < 1.29 is 15.0 Å². The van der Waals surface area contributed by atoms with Gasteiger partial charge in [-0.2, -0.15) is 0 Å². The van der Waals surface area contributed by atoms with Crippen LogP contribution in [0.15, 0.2) is 0 Å². The molecule has 2 atom stereocenters. The maximum Gasteiger partial charge on any atom is 0.310 e. The Balaban J connectivity index is 0. The van der Waals surface area contributed by atoms with Crippen molar-refractivity contribution in [2.75, 3.05) is 0 Å². The highest BCUT2D eigenvalue weighted by Gasteiger charge is 2.53. The van der Waals surface area contributed by atoms with Crippen molar-refractivity contribution in [2.24, 2.45) is 16.7 Å². The van der Waals surface area contributed by atoms with Gasteiger partial charge in [-0.05, 0) is 50.4 Å². The van der Waals surface area contributed by atoms with Crippen LogP contribution in [0.4, 0.5) is 0 Å². The van der Waals surface area contributed by atoms with Gasteiger partial charge in [0.15, 0.2) is 0 Å². The molecule has 0 aromatic carbocycles. The Bertz CT molecular complexity index is 298. The van der Waals surface area contributed by atoms with E-state index in [2.05, 4.69) is 20.8 Å². The van der Waals surface area contributed by atoms with Crippen molar-refractivity contribution >= 4 is 5.97 Å². The Morgan fingerprint density at radius 3 is 1.76 bits per heavy atom. The molecular formula is C17H37NO3. The van der Waals surface area contributed by atoms with E-state index in [1.807, 2.05) is 13.8 Å². The second kappa shape index (κ2) is 9.42. The van der Waals surface area contributed by atoms with E-state index in [-0.39, 0.29) is 11.6 Å². The quantitative estimate of drug-likeness (QED) is 0.548.